The smallest absolute Gasteiger partial charge is 0.250 e. The van der Waals surface area contributed by atoms with Crippen LogP contribution in [-0.4, -0.2) is 37.3 Å². The Morgan fingerprint density at radius 1 is 1.10 bits per heavy atom. The second kappa shape index (κ2) is 15.0. The molecule has 1 aromatic heterocycles. The van der Waals surface area contributed by atoms with Crippen LogP contribution >= 0.6 is 24.0 Å². The molecule has 1 heterocycles. The third-order valence-electron chi connectivity index (χ3n) is 4.37. The van der Waals surface area contributed by atoms with Gasteiger partial charge in [0.15, 0.2) is 5.96 Å². The highest BCUT2D eigenvalue weighted by molar-refractivity contribution is 14.0. The number of pyridine rings is 1. The number of aromatic nitrogens is 1. The third kappa shape index (κ3) is 10.5. The van der Waals surface area contributed by atoms with Crippen LogP contribution in [0, 0.1) is 5.92 Å². The molecule has 0 saturated carbocycles. The number of guanidine groups is 1. The molecule has 0 fully saturated rings. The summed E-state index contributed by atoms with van der Waals surface area (Å²) in [5, 5.41) is 6.66. The van der Waals surface area contributed by atoms with E-state index in [0.717, 1.165) is 38.4 Å². The van der Waals surface area contributed by atoms with Crippen LogP contribution in [0.2, 0.25) is 0 Å². The molecule has 2 N–H and O–H groups in total. The van der Waals surface area contributed by atoms with Gasteiger partial charge in [-0.15, -0.1) is 24.0 Å². The minimum Gasteiger partial charge on any atom is -0.376 e. The van der Waals surface area contributed by atoms with Gasteiger partial charge in [-0.1, -0.05) is 43.3 Å². The molecule has 1 atom stereocenters. The summed E-state index contributed by atoms with van der Waals surface area (Å²) in [5.41, 5.74) is 1.24. The number of hydrogen-bond acceptors (Lipinski definition) is 3. The second-order valence-corrected chi connectivity index (χ2v) is 6.93. The number of rotatable bonds is 11. The Morgan fingerprint density at radius 3 is 2.59 bits per heavy atom. The number of nitrogens with one attached hydrogen (secondary N) is 2. The Morgan fingerprint density at radius 2 is 1.86 bits per heavy atom. The molecule has 2 aromatic rings. The van der Waals surface area contributed by atoms with Gasteiger partial charge in [-0.05, 0) is 30.4 Å². The number of hydrogen-bond donors (Lipinski definition) is 2. The zero-order valence-corrected chi connectivity index (χ0v) is 19.7. The third-order valence-corrected chi connectivity index (χ3v) is 4.37. The lowest BCUT2D eigenvalue weighted by molar-refractivity contribution is 0.0931. The summed E-state index contributed by atoms with van der Waals surface area (Å²) in [5.74, 6) is 1.18. The van der Waals surface area contributed by atoms with E-state index in [4.69, 9.17) is 4.74 Å². The van der Waals surface area contributed by atoms with E-state index < -0.39 is 0 Å². The van der Waals surface area contributed by atoms with Crippen molar-refractivity contribution < 1.29 is 4.74 Å². The summed E-state index contributed by atoms with van der Waals surface area (Å²) < 4.78 is 7.52. The van der Waals surface area contributed by atoms with Gasteiger partial charge in [0.25, 0.3) is 0 Å². The van der Waals surface area contributed by atoms with Crippen LogP contribution in [0.15, 0.2) is 64.5 Å². The number of aryl methyl sites for hydroxylation is 1. The molecule has 0 aliphatic carbocycles. The standard InChI is InChI=1S/C22H32N4O2.HI/c1-19(17-28-18-20-10-4-3-5-11-20)16-25-22(23-2)24-13-7-9-15-26-14-8-6-12-21(26)27;/h3-6,8,10-12,14,19H,7,9,13,15-18H2,1-2H3,(H2,23,24,25);1H. The Bertz CT molecular complexity index is 765. The van der Waals surface area contributed by atoms with Crippen LogP contribution < -0.4 is 16.2 Å². The van der Waals surface area contributed by atoms with Gasteiger partial charge < -0.3 is 19.9 Å². The molecule has 1 aromatic carbocycles. The minimum absolute atomic E-state index is 0. The van der Waals surface area contributed by atoms with Crippen LogP contribution in [0.5, 0.6) is 0 Å². The first kappa shape index (κ1) is 25.2. The molecule has 0 aliphatic rings. The average Bonchev–Trinajstić information content (AvgIpc) is 2.72. The van der Waals surface area contributed by atoms with Crippen molar-refractivity contribution >= 4 is 29.9 Å². The SMILES string of the molecule is CN=C(NCCCCn1ccccc1=O)NCC(C)COCc1ccccc1.I. The number of halogens is 1. The molecule has 0 saturated heterocycles. The predicted molar refractivity (Wildman–Crippen MR) is 130 cm³/mol. The molecule has 0 bridgehead atoms. The van der Waals surface area contributed by atoms with Crippen molar-refractivity contribution in [3.63, 3.8) is 0 Å². The summed E-state index contributed by atoms with van der Waals surface area (Å²) in [7, 11) is 1.77. The topological polar surface area (TPSA) is 67.7 Å². The quantitative estimate of drug-likeness (QED) is 0.210. The lowest BCUT2D eigenvalue weighted by Crippen LogP contribution is -2.40. The lowest BCUT2D eigenvalue weighted by Gasteiger charge is -2.16. The zero-order chi connectivity index (χ0) is 20.0. The molecular weight excluding hydrogens is 479 g/mol. The zero-order valence-electron chi connectivity index (χ0n) is 17.3. The Balaban J connectivity index is 0.00000420. The highest BCUT2D eigenvalue weighted by Gasteiger charge is 2.05. The predicted octanol–water partition coefficient (Wildman–Crippen LogP) is 3.26. The van der Waals surface area contributed by atoms with Gasteiger partial charge >= 0.3 is 0 Å². The summed E-state index contributed by atoms with van der Waals surface area (Å²) in [6.07, 6.45) is 3.74. The van der Waals surface area contributed by atoms with Crippen molar-refractivity contribution in [1.82, 2.24) is 15.2 Å². The van der Waals surface area contributed by atoms with E-state index in [-0.39, 0.29) is 29.5 Å². The van der Waals surface area contributed by atoms with Crippen molar-refractivity contribution in [3.05, 3.63) is 70.6 Å². The van der Waals surface area contributed by atoms with Crippen LogP contribution in [0.25, 0.3) is 0 Å². The van der Waals surface area contributed by atoms with E-state index >= 15 is 0 Å². The number of aliphatic imine (C=N–C) groups is 1. The van der Waals surface area contributed by atoms with E-state index in [2.05, 4.69) is 34.7 Å². The van der Waals surface area contributed by atoms with Gasteiger partial charge in [0.1, 0.15) is 0 Å². The van der Waals surface area contributed by atoms with Crippen LogP contribution in [0.1, 0.15) is 25.3 Å². The summed E-state index contributed by atoms with van der Waals surface area (Å²) in [6.45, 7) is 5.85. The van der Waals surface area contributed by atoms with Gasteiger partial charge in [0, 0.05) is 38.9 Å². The first-order valence-electron chi connectivity index (χ1n) is 9.90. The normalized spacial score (nSPS) is 12.1. The van der Waals surface area contributed by atoms with Gasteiger partial charge in [-0.25, -0.2) is 0 Å². The molecule has 0 amide bonds. The Labute approximate surface area is 190 Å². The second-order valence-electron chi connectivity index (χ2n) is 6.93. The van der Waals surface area contributed by atoms with Crippen molar-refractivity contribution in [2.75, 3.05) is 26.7 Å². The molecule has 0 spiro atoms. The largest absolute Gasteiger partial charge is 0.376 e. The van der Waals surface area contributed by atoms with Crippen LogP contribution in [0.3, 0.4) is 0 Å². The molecule has 29 heavy (non-hydrogen) atoms. The van der Waals surface area contributed by atoms with E-state index in [1.807, 2.05) is 30.5 Å². The molecule has 6 nitrogen and oxygen atoms in total. The first-order chi connectivity index (χ1) is 13.7. The molecule has 160 valence electrons. The first-order valence-corrected chi connectivity index (χ1v) is 9.90. The molecule has 7 heteroatoms. The average molecular weight is 512 g/mol. The molecular formula is C22H33IN4O2. The maximum absolute atomic E-state index is 11.7. The maximum Gasteiger partial charge on any atom is 0.250 e. The molecule has 0 aliphatic heterocycles. The number of ether oxygens (including phenoxy) is 1. The number of unbranched alkanes of at least 4 members (excludes halogenated alkanes) is 1. The summed E-state index contributed by atoms with van der Waals surface area (Å²) in [4.78, 5) is 15.9. The fraction of sp³-hybridized carbons (Fsp3) is 0.455. The van der Waals surface area contributed by atoms with Gasteiger partial charge in [0.2, 0.25) is 5.56 Å². The van der Waals surface area contributed by atoms with E-state index in [9.17, 15) is 4.79 Å². The minimum atomic E-state index is 0. The lowest BCUT2D eigenvalue weighted by atomic mass is 10.2. The van der Waals surface area contributed by atoms with E-state index in [1.165, 1.54) is 5.56 Å². The highest BCUT2D eigenvalue weighted by atomic mass is 127. The molecule has 0 radical (unpaired) electrons. The molecule has 1 unspecified atom stereocenters. The highest BCUT2D eigenvalue weighted by Crippen LogP contribution is 2.02. The van der Waals surface area contributed by atoms with Crippen molar-refractivity contribution in [1.29, 1.82) is 0 Å². The molecule has 2 rings (SSSR count). The Kier molecular flexibility index (Phi) is 13.0. The van der Waals surface area contributed by atoms with Crippen molar-refractivity contribution in [2.45, 2.75) is 32.9 Å². The van der Waals surface area contributed by atoms with Gasteiger partial charge in [0.05, 0.1) is 13.2 Å². The maximum atomic E-state index is 11.7. The van der Waals surface area contributed by atoms with Crippen molar-refractivity contribution in [2.24, 2.45) is 10.9 Å². The monoisotopic (exact) mass is 512 g/mol. The van der Waals surface area contributed by atoms with Crippen LogP contribution in [-0.2, 0) is 17.9 Å². The van der Waals surface area contributed by atoms with Crippen molar-refractivity contribution in [3.8, 4) is 0 Å². The van der Waals surface area contributed by atoms with Gasteiger partial charge in [-0.3, -0.25) is 9.79 Å². The van der Waals surface area contributed by atoms with Gasteiger partial charge in [-0.2, -0.15) is 0 Å². The number of nitrogens with zero attached hydrogens (tertiary/aromatic N) is 2. The Hall–Kier alpha value is -1.87. The summed E-state index contributed by atoms with van der Waals surface area (Å²) >= 11 is 0. The van der Waals surface area contributed by atoms with E-state index in [1.54, 1.807) is 23.7 Å². The summed E-state index contributed by atoms with van der Waals surface area (Å²) in [6, 6.07) is 15.4. The number of benzene rings is 1. The van der Waals surface area contributed by atoms with E-state index in [0.29, 0.717) is 19.1 Å². The fourth-order valence-corrected chi connectivity index (χ4v) is 2.76. The fourth-order valence-electron chi connectivity index (χ4n) is 2.76. The van der Waals surface area contributed by atoms with Crippen LogP contribution in [0.4, 0.5) is 0 Å².